The summed E-state index contributed by atoms with van der Waals surface area (Å²) >= 11 is 0. The zero-order valence-electron chi connectivity index (χ0n) is 4.14. The largest absolute Gasteiger partial charge is 0.240 e. The molecule has 0 amide bonds. The van der Waals surface area contributed by atoms with E-state index in [0.29, 0.717) is 5.70 Å². The van der Waals surface area contributed by atoms with Crippen molar-refractivity contribution >= 4 is 6.08 Å². The van der Waals surface area contributed by atoms with Gasteiger partial charge in [-0.05, 0) is 13.8 Å². The van der Waals surface area contributed by atoms with Gasteiger partial charge in [0.15, 0.2) is 0 Å². The maximum Gasteiger partial charge on any atom is 0.240 e. The van der Waals surface area contributed by atoms with E-state index >= 15 is 0 Å². The van der Waals surface area contributed by atoms with Gasteiger partial charge >= 0.3 is 0 Å². The van der Waals surface area contributed by atoms with Crippen molar-refractivity contribution in [2.24, 2.45) is 4.99 Å². The fraction of sp³-hybridized carbons (Fsp3) is 0.200. The smallest absolute Gasteiger partial charge is 0.211 e. The minimum absolute atomic E-state index is 0.454. The Morgan fingerprint density at radius 2 is 2.57 bits per heavy atom. The van der Waals surface area contributed by atoms with Crippen LogP contribution < -0.4 is 0 Å². The quantitative estimate of drug-likeness (QED) is 0.354. The molecule has 1 radical (unpaired) electrons. The first kappa shape index (κ1) is 6.12. The number of nitrogens with zero attached hydrogens (tertiary/aromatic N) is 1. The lowest BCUT2D eigenvalue weighted by Crippen LogP contribution is -1.62. The molecule has 0 unspecified atom stereocenters. The summed E-state index contributed by atoms with van der Waals surface area (Å²) in [4.78, 5) is 12.6. The van der Waals surface area contributed by atoms with Crippen LogP contribution in [0.5, 0.6) is 0 Å². The number of rotatable bonds is 1. The highest BCUT2D eigenvalue weighted by Gasteiger charge is 1.72. The molecule has 0 saturated carbocycles. The highest BCUT2D eigenvalue weighted by Crippen LogP contribution is 1.87. The van der Waals surface area contributed by atoms with Gasteiger partial charge in [0.25, 0.3) is 0 Å². The van der Waals surface area contributed by atoms with Gasteiger partial charge in [0.1, 0.15) is 0 Å². The summed E-state index contributed by atoms with van der Waals surface area (Å²) in [6.45, 7) is 5.13. The summed E-state index contributed by atoms with van der Waals surface area (Å²) in [6, 6.07) is 0. The number of hydrogen-bond donors (Lipinski definition) is 0. The SMILES string of the molecule is [CH2]C(=CC)N=C=O. The van der Waals surface area contributed by atoms with Gasteiger partial charge in [-0.25, -0.2) is 4.79 Å². The minimum atomic E-state index is 0.454. The van der Waals surface area contributed by atoms with Crippen LogP contribution in [0.1, 0.15) is 6.92 Å². The lowest BCUT2D eigenvalue weighted by molar-refractivity contribution is 0.565. The van der Waals surface area contributed by atoms with Crippen LogP contribution in [0.3, 0.4) is 0 Å². The fourth-order valence-corrected chi connectivity index (χ4v) is 0.123. The van der Waals surface area contributed by atoms with Gasteiger partial charge in [-0.2, -0.15) is 4.99 Å². The van der Waals surface area contributed by atoms with E-state index in [9.17, 15) is 4.79 Å². The number of isocyanates is 1. The van der Waals surface area contributed by atoms with E-state index in [-0.39, 0.29) is 0 Å². The normalized spacial score (nSPS) is 10.3. The maximum absolute atomic E-state index is 9.40. The molecule has 0 aromatic heterocycles. The van der Waals surface area contributed by atoms with E-state index in [0.717, 1.165) is 0 Å². The summed E-state index contributed by atoms with van der Waals surface area (Å²) in [5, 5.41) is 0. The molecule has 0 aromatic rings. The monoisotopic (exact) mass is 96.0 g/mol. The van der Waals surface area contributed by atoms with Crippen LogP contribution in [0.25, 0.3) is 0 Å². The summed E-state index contributed by atoms with van der Waals surface area (Å²) in [5.41, 5.74) is 0.454. The zero-order chi connectivity index (χ0) is 5.70. The molecule has 7 heavy (non-hydrogen) atoms. The Labute approximate surface area is 42.6 Å². The summed E-state index contributed by atoms with van der Waals surface area (Å²) in [6.07, 6.45) is 2.99. The van der Waals surface area contributed by atoms with Crippen LogP contribution >= 0.6 is 0 Å². The molecule has 2 heteroatoms. The molecule has 0 fully saturated rings. The predicted molar refractivity (Wildman–Crippen MR) is 27.2 cm³/mol. The maximum atomic E-state index is 9.40. The Morgan fingerprint density at radius 3 is 2.71 bits per heavy atom. The average molecular weight is 96.1 g/mol. The summed E-state index contributed by atoms with van der Waals surface area (Å²) in [5.74, 6) is 0. The molecule has 0 N–H and O–H groups in total. The van der Waals surface area contributed by atoms with E-state index in [1.54, 1.807) is 13.0 Å². The van der Waals surface area contributed by atoms with E-state index in [4.69, 9.17) is 0 Å². The van der Waals surface area contributed by atoms with Gasteiger partial charge in [0, 0.05) is 5.70 Å². The van der Waals surface area contributed by atoms with E-state index in [1.165, 1.54) is 6.08 Å². The van der Waals surface area contributed by atoms with Crippen LogP contribution in [0, 0.1) is 6.92 Å². The molecule has 0 atom stereocenters. The molecular weight excluding hydrogens is 90.1 g/mol. The molecule has 0 aliphatic carbocycles. The highest BCUT2D eigenvalue weighted by molar-refractivity contribution is 5.37. The Bertz CT molecular complexity index is 120. The van der Waals surface area contributed by atoms with Crippen LogP contribution in [0.15, 0.2) is 16.8 Å². The average Bonchev–Trinajstić information content (AvgIpc) is 1.68. The second-order valence-electron chi connectivity index (χ2n) is 0.983. The van der Waals surface area contributed by atoms with Crippen LogP contribution in [-0.2, 0) is 4.79 Å². The van der Waals surface area contributed by atoms with Crippen molar-refractivity contribution in [1.29, 1.82) is 0 Å². The van der Waals surface area contributed by atoms with E-state index in [2.05, 4.69) is 11.9 Å². The lowest BCUT2D eigenvalue weighted by Gasteiger charge is -1.75. The molecule has 2 nitrogen and oxygen atoms in total. The van der Waals surface area contributed by atoms with Crippen molar-refractivity contribution < 1.29 is 4.79 Å². The molecule has 0 aliphatic rings. The molecule has 0 bridgehead atoms. The van der Waals surface area contributed by atoms with Crippen LogP contribution in [0.2, 0.25) is 0 Å². The second kappa shape index (κ2) is 3.32. The first-order chi connectivity index (χ1) is 3.31. The first-order valence-electron chi connectivity index (χ1n) is 1.87. The third-order valence-corrected chi connectivity index (χ3v) is 0.522. The Kier molecular flexibility index (Phi) is 2.90. The van der Waals surface area contributed by atoms with Crippen molar-refractivity contribution in [3.63, 3.8) is 0 Å². The Hall–Kier alpha value is -0.880. The van der Waals surface area contributed by atoms with Gasteiger partial charge in [-0.1, -0.05) is 6.08 Å². The van der Waals surface area contributed by atoms with Gasteiger partial charge in [-0.3, -0.25) is 0 Å². The molecule has 0 aromatic carbocycles. The summed E-state index contributed by atoms with van der Waals surface area (Å²) < 4.78 is 0. The fourth-order valence-electron chi connectivity index (χ4n) is 0.123. The van der Waals surface area contributed by atoms with E-state index in [1.807, 2.05) is 0 Å². The zero-order valence-corrected chi connectivity index (χ0v) is 4.14. The lowest BCUT2D eigenvalue weighted by atomic mass is 10.5. The topological polar surface area (TPSA) is 29.4 Å². The number of allylic oxidation sites excluding steroid dienone is 2. The molecule has 0 saturated heterocycles. The minimum Gasteiger partial charge on any atom is -0.211 e. The number of aliphatic imine (C=N–C) groups is 1. The molecule has 37 valence electrons. The third kappa shape index (κ3) is 2.94. The molecule has 0 rings (SSSR count). The molecule has 0 heterocycles. The summed E-state index contributed by atoms with van der Waals surface area (Å²) in [7, 11) is 0. The van der Waals surface area contributed by atoms with Crippen molar-refractivity contribution in [3.8, 4) is 0 Å². The van der Waals surface area contributed by atoms with E-state index < -0.39 is 0 Å². The predicted octanol–water partition coefficient (Wildman–Crippen LogP) is 1.06. The van der Waals surface area contributed by atoms with Crippen LogP contribution in [0.4, 0.5) is 0 Å². The third-order valence-electron chi connectivity index (χ3n) is 0.522. The molecule has 0 spiro atoms. The highest BCUT2D eigenvalue weighted by atomic mass is 16.1. The standard InChI is InChI=1S/C5H6NO/c1-3-5(2)6-4-7/h3H,2H2,1H3. The molecule has 0 aliphatic heterocycles. The van der Waals surface area contributed by atoms with Crippen molar-refractivity contribution in [3.05, 3.63) is 18.7 Å². The van der Waals surface area contributed by atoms with Crippen molar-refractivity contribution in [2.75, 3.05) is 0 Å². The number of hydrogen-bond acceptors (Lipinski definition) is 2. The van der Waals surface area contributed by atoms with Crippen LogP contribution in [-0.4, -0.2) is 6.08 Å². The van der Waals surface area contributed by atoms with Gasteiger partial charge in [0.2, 0.25) is 6.08 Å². The van der Waals surface area contributed by atoms with Gasteiger partial charge in [0.05, 0.1) is 0 Å². The van der Waals surface area contributed by atoms with Crippen molar-refractivity contribution in [1.82, 2.24) is 0 Å². The first-order valence-corrected chi connectivity index (χ1v) is 1.87. The Balaban J connectivity index is 3.82. The number of carbonyl (C=O) groups excluding carboxylic acids is 1. The Morgan fingerprint density at radius 1 is 2.00 bits per heavy atom. The second-order valence-corrected chi connectivity index (χ2v) is 0.983. The van der Waals surface area contributed by atoms with Gasteiger partial charge < -0.3 is 0 Å². The van der Waals surface area contributed by atoms with Gasteiger partial charge in [-0.15, -0.1) is 0 Å². The molecular formula is C5H6NO. The van der Waals surface area contributed by atoms with Crippen molar-refractivity contribution in [2.45, 2.75) is 6.92 Å².